The standard InChI is InChI=1S/C19H23NO3/c1-9-7-10(2)15(11(3)8-9)17-16-13-5-6-14(19(16)23-20-17)18(13)22-12(4)21/h7-8,13-14,16,18-19H,5-6H2,1-4H3. The van der Waals surface area contributed by atoms with Crippen molar-refractivity contribution in [3.8, 4) is 0 Å². The molecule has 122 valence electrons. The van der Waals surface area contributed by atoms with E-state index in [4.69, 9.17) is 9.57 Å². The van der Waals surface area contributed by atoms with Crippen molar-refractivity contribution in [2.24, 2.45) is 22.9 Å². The molecule has 0 N–H and O–H groups in total. The predicted octanol–water partition coefficient (Wildman–Crippen LogP) is 3.30. The summed E-state index contributed by atoms with van der Waals surface area (Å²) in [6, 6.07) is 4.41. The molecule has 0 saturated heterocycles. The summed E-state index contributed by atoms with van der Waals surface area (Å²) in [5, 5.41) is 4.47. The Kier molecular flexibility index (Phi) is 3.26. The topological polar surface area (TPSA) is 47.9 Å². The Hall–Kier alpha value is -1.84. The number of esters is 1. The summed E-state index contributed by atoms with van der Waals surface area (Å²) >= 11 is 0. The van der Waals surface area contributed by atoms with Crippen molar-refractivity contribution in [1.82, 2.24) is 0 Å². The number of aryl methyl sites for hydroxylation is 3. The first-order chi connectivity index (χ1) is 11.0. The van der Waals surface area contributed by atoms with Gasteiger partial charge in [0.1, 0.15) is 12.2 Å². The SMILES string of the molecule is CC(=O)OC1C2CCC1C1C(c3c(C)cc(C)cc3C)=NOC21. The van der Waals surface area contributed by atoms with E-state index in [1.54, 1.807) is 0 Å². The second-order valence-electron chi connectivity index (χ2n) is 7.33. The molecule has 1 aromatic carbocycles. The van der Waals surface area contributed by atoms with E-state index >= 15 is 0 Å². The third kappa shape index (κ3) is 2.11. The normalized spacial score (nSPS) is 34.1. The van der Waals surface area contributed by atoms with Gasteiger partial charge in [0.2, 0.25) is 0 Å². The van der Waals surface area contributed by atoms with Crippen LogP contribution in [-0.4, -0.2) is 23.9 Å². The summed E-state index contributed by atoms with van der Waals surface area (Å²) in [4.78, 5) is 17.3. The summed E-state index contributed by atoms with van der Waals surface area (Å²) in [7, 11) is 0. The lowest BCUT2D eigenvalue weighted by atomic mass is 9.79. The van der Waals surface area contributed by atoms with E-state index in [1.165, 1.54) is 29.2 Å². The molecule has 4 nitrogen and oxygen atoms in total. The van der Waals surface area contributed by atoms with E-state index in [9.17, 15) is 4.79 Å². The van der Waals surface area contributed by atoms with E-state index in [2.05, 4.69) is 38.1 Å². The third-order valence-electron chi connectivity index (χ3n) is 5.74. The predicted molar refractivity (Wildman–Crippen MR) is 87.3 cm³/mol. The van der Waals surface area contributed by atoms with Crippen LogP contribution in [-0.2, 0) is 14.4 Å². The molecular formula is C19H23NO3. The van der Waals surface area contributed by atoms with Gasteiger partial charge in [0, 0.05) is 24.3 Å². The number of rotatable bonds is 2. The number of hydrogen-bond donors (Lipinski definition) is 0. The number of ether oxygens (including phenoxy) is 1. The van der Waals surface area contributed by atoms with E-state index in [-0.39, 0.29) is 24.1 Å². The highest BCUT2D eigenvalue weighted by molar-refractivity contribution is 6.06. The van der Waals surface area contributed by atoms with Crippen LogP contribution in [0, 0.1) is 38.5 Å². The zero-order chi connectivity index (χ0) is 16.3. The van der Waals surface area contributed by atoms with Crippen LogP contribution in [0.5, 0.6) is 0 Å². The molecule has 2 fully saturated rings. The molecule has 1 heterocycles. The van der Waals surface area contributed by atoms with Gasteiger partial charge in [-0.2, -0.15) is 0 Å². The first kappa shape index (κ1) is 14.7. The summed E-state index contributed by atoms with van der Waals surface area (Å²) < 4.78 is 5.62. The van der Waals surface area contributed by atoms with Gasteiger partial charge >= 0.3 is 5.97 Å². The molecular weight excluding hydrogens is 290 g/mol. The Labute approximate surface area is 136 Å². The molecule has 0 amide bonds. The van der Waals surface area contributed by atoms with Crippen LogP contribution in [0.15, 0.2) is 17.3 Å². The number of carbonyl (C=O) groups is 1. The van der Waals surface area contributed by atoms with Crippen molar-refractivity contribution in [3.63, 3.8) is 0 Å². The Morgan fingerprint density at radius 1 is 1.17 bits per heavy atom. The lowest BCUT2D eigenvalue weighted by Gasteiger charge is -2.23. The van der Waals surface area contributed by atoms with Gasteiger partial charge in [-0.1, -0.05) is 22.9 Å². The van der Waals surface area contributed by atoms with Crippen molar-refractivity contribution >= 4 is 11.7 Å². The molecule has 2 saturated carbocycles. The molecule has 3 aliphatic rings. The highest BCUT2D eigenvalue weighted by Gasteiger charge is 2.62. The molecule has 4 rings (SSSR count). The van der Waals surface area contributed by atoms with Gasteiger partial charge in [-0.3, -0.25) is 4.79 Å². The van der Waals surface area contributed by atoms with Gasteiger partial charge in [-0.15, -0.1) is 0 Å². The summed E-state index contributed by atoms with van der Waals surface area (Å²) in [6.07, 6.45) is 2.24. The lowest BCUT2D eigenvalue weighted by molar-refractivity contribution is -0.149. The second-order valence-corrected chi connectivity index (χ2v) is 7.33. The fourth-order valence-electron chi connectivity index (χ4n) is 5.12. The fraction of sp³-hybridized carbons (Fsp3) is 0.579. The summed E-state index contributed by atoms with van der Waals surface area (Å²) in [5.41, 5.74) is 6.05. The number of oxime groups is 1. The van der Waals surface area contributed by atoms with Gasteiger partial charge in [0.25, 0.3) is 0 Å². The molecule has 4 heteroatoms. The van der Waals surface area contributed by atoms with E-state index in [1.807, 2.05) is 0 Å². The molecule has 1 aliphatic heterocycles. The highest BCUT2D eigenvalue weighted by Crippen LogP contribution is 2.55. The molecule has 0 aromatic heterocycles. The maximum absolute atomic E-state index is 11.4. The average molecular weight is 313 g/mol. The van der Waals surface area contributed by atoms with Crippen molar-refractivity contribution in [3.05, 3.63) is 34.4 Å². The van der Waals surface area contributed by atoms with Crippen molar-refractivity contribution < 1.29 is 14.4 Å². The Morgan fingerprint density at radius 2 is 1.83 bits per heavy atom. The minimum atomic E-state index is -0.187. The minimum absolute atomic E-state index is 0.000870. The van der Waals surface area contributed by atoms with Crippen LogP contribution >= 0.6 is 0 Å². The number of fused-ring (bicyclic) bond motifs is 5. The van der Waals surface area contributed by atoms with Crippen LogP contribution in [0.25, 0.3) is 0 Å². The van der Waals surface area contributed by atoms with Crippen LogP contribution in [0.1, 0.15) is 42.0 Å². The number of nitrogens with zero attached hydrogens (tertiary/aromatic N) is 1. The van der Waals surface area contributed by atoms with E-state index in [0.29, 0.717) is 11.8 Å². The first-order valence-electron chi connectivity index (χ1n) is 8.46. The quantitative estimate of drug-likeness (QED) is 0.787. The largest absolute Gasteiger partial charge is 0.462 e. The van der Waals surface area contributed by atoms with Gasteiger partial charge < -0.3 is 9.57 Å². The molecule has 1 aromatic rings. The van der Waals surface area contributed by atoms with E-state index < -0.39 is 0 Å². The molecule has 2 aliphatic carbocycles. The van der Waals surface area contributed by atoms with Crippen LogP contribution in [0.2, 0.25) is 0 Å². The number of hydrogen-bond acceptors (Lipinski definition) is 4. The fourth-order valence-corrected chi connectivity index (χ4v) is 5.12. The second kappa shape index (κ2) is 5.08. The number of benzene rings is 1. The Balaban J connectivity index is 1.71. The van der Waals surface area contributed by atoms with Gasteiger partial charge in [-0.05, 0) is 44.7 Å². The zero-order valence-electron chi connectivity index (χ0n) is 14.1. The monoisotopic (exact) mass is 313 g/mol. The van der Waals surface area contributed by atoms with Crippen molar-refractivity contribution in [2.75, 3.05) is 0 Å². The molecule has 0 spiro atoms. The molecule has 0 radical (unpaired) electrons. The highest BCUT2D eigenvalue weighted by atomic mass is 16.6. The van der Waals surface area contributed by atoms with Crippen molar-refractivity contribution in [2.45, 2.75) is 52.7 Å². The molecule has 23 heavy (non-hydrogen) atoms. The summed E-state index contributed by atoms with van der Waals surface area (Å²) in [6.45, 7) is 7.90. The van der Waals surface area contributed by atoms with Crippen molar-refractivity contribution in [1.29, 1.82) is 0 Å². The molecule has 5 atom stereocenters. The smallest absolute Gasteiger partial charge is 0.302 e. The van der Waals surface area contributed by atoms with Gasteiger partial charge in [-0.25, -0.2) is 0 Å². The zero-order valence-corrected chi connectivity index (χ0v) is 14.1. The third-order valence-corrected chi connectivity index (χ3v) is 5.74. The molecule has 5 unspecified atom stereocenters. The first-order valence-corrected chi connectivity index (χ1v) is 8.46. The van der Waals surface area contributed by atoms with Crippen LogP contribution in [0.4, 0.5) is 0 Å². The maximum Gasteiger partial charge on any atom is 0.302 e. The van der Waals surface area contributed by atoms with Crippen LogP contribution < -0.4 is 0 Å². The summed E-state index contributed by atoms with van der Waals surface area (Å²) in [5.74, 6) is 0.711. The lowest BCUT2D eigenvalue weighted by Crippen LogP contribution is -2.30. The Bertz CT molecular complexity index is 686. The van der Waals surface area contributed by atoms with E-state index in [0.717, 1.165) is 18.6 Å². The van der Waals surface area contributed by atoms with Gasteiger partial charge in [0.15, 0.2) is 0 Å². The van der Waals surface area contributed by atoms with Gasteiger partial charge in [0.05, 0.1) is 11.6 Å². The number of carbonyl (C=O) groups excluding carboxylic acids is 1. The van der Waals surface area contributed by atoms with Crippen LogP contribution in [0.3, 0.4) is 0 Å². The minimum Gasteiger partial charge on any atom is -0.462 e. The average Bonchev–Trinajstić information content (AvgIpc) is 3.09. The molecule has 2 bridgehead atoms. The Morgan fingerprint density at radius 3 is 2.48 bits per heavy atom. The maximum atomic E-state index is 11.4.